The van der Waals surface area contributed by atoms with Crippen LogP contribution in [0.5, 0.6) is 0 Å². The lowest BCUT2D eigenvalue weighted by atomic mass is 9.97. The highest BCUT2D eigenvalue weighted by molar-refractivity contribution is 7.17. The first-order valence-electron chi connectivity index (χ1n) is 9.75. The Morgan fingerprint density at radius 2 is 1.93 bits per heavy atom. The highest BCUT2D eigenvalue weighted by Crippen LogP contribution is 2.36. The predicted molar refractivity (Wildman–Crippen MR) is 113 cm³/mol. The number of piperidine rings is 1. The SMILES string of the molecule is O=C(O)C1CCN(C(=O)CCNc2ncnc3scc(-c4ccc(F)cc4)c23)CC1. The number of halogens is 1. The van der Waals surface area contributed by atoms with Crippen molar-refractivity contribution in [3.63, 3.8) is 0 Å². The molecule has 2 aromatic heterocycles. The van der Waals surface area contributed by atoms with Crippen molar-refractivity contribution in [2.75, 3.05) is 25.0 Å². The van der Waals surface area contributed by atoms with Gasteiger partial charge in [-0.25, -0.2) is 14.4 Å². The van der Waals surface area contributed by atoms with Gasteiger partial charge in [-0.15, -0.1) is 11.3 Å². The predicted octanol–water partition coefficient (Wildman–Crippen LogP) is 3.62. The quantitative estimate of drug-likeness (QED) is 0.623. The van der Waals surface area contributed by atoms with Gasteiger partial charge in [0.05, 0.1) is 11.3 Å². The fraction of sp³-hybridized carbons (Fsp3) is 0.333. The number of nitrogens with one attached hydrogen (secondary N) is 1. The number of carbonyl (C=O) groups excluding carboxylic acids is 1. The number of carbonyl (C=O) groups is 2. The lowest BCUT2D eigenvalue weighted by Crippen LogP contribution is -2.40. The molecule has 1 aromatic carbocycles. The lowest BCUT2D eigenvalue weighted by Gasteiger charge is -2.30. The van der Waals surface area contributed by atoms with E-state index in [0.717, 1.165) is 21.3 Å². The number of carboxylic acid groups (broad SMARTS) is 1. The van der Waals surface area contributed by atoms with Gasteiger partial charge in [-0.2, -0.15) is 0 Å². The number of hydrogen-bond donors (Lipinski definition) is 2. The van der Waals surface area contributed by atoms with Crippen molar-refractivity contribution in [3.05, 3.63) is 41.8 Å². The maximum absolute atomic E-state index is 13.3. The van der Waals surface area contributed by atoms with Crippen LogP contribution in [0.3, 0.4) is 0 Å². The van der Waals surface area contributed by atoms with Crippen molar-refractivity contribution in [1.29, 1.82) is 0 Å². The molecule has 3 aromatic rings. The van der Waals surface area contributed by atoms with Crippen molar-refractivity contribution in [3.8, 4) is 11.1 Å². The molecule has 7 nitrogen and oxygen atoms in total. The van der Waals surface area contributed by atoms with E-state index in [0.29, 0.717) is 44.7 Å². The zero-order chi connectivity index (χ0) is 21.1. The first kappa shape index (κ1) is 20.2. The Morgan fingerprint density at radius 3 is 2.63 bits per heavy atom. The van der Waals surface area contributed by atoms with Crippen LogP contribution >= 0.6 is 11.3 Å². The number of carboxylic acids is 1. The molecule has 1 fully saturated rings. The normalized spacial score (nSPS) is 14.8. The molecule has 0 atom stereocenters. The topological polar surface area (TPSA) is 95.4 Å². The van der Waals surface area contributed by atoms with Gasteiger partial charge in [0.15, 0.2) is 0 Å². The van der Waals surface area contributed by atoms with Crippen LogP contribution in [0.4, 0.5) is 10.2 Å². The minimum Gasteiger partial charge on any atom is -0.481 e. The fourth-order valence-corrected chi connectivity index (χ4v) is 4.59. The minimum atomic E-state index is -0.788. The molecule has 3 heterocycles. The molecule has 0 bridgehead atoms. The fourth-order valence-electron chi connectivity index (χ4n) is 3.67. The molecule has 0 unspecified atom stereocenters. The van der Waals surface area contributed by atoms with Gasteiger partial charge in [0.25, 0.3) is 0 Å². The molecule has 0 saturated carbocycles. The number of rotatable bonds is 6. The van der Waals surface area contributed by atoms with Crippen LogP contribution in [0.15, 0.2) is 36.0 Å². The number of aromatic nitrogens is 2. The van der Waals surface area contributed by atoms with Gasteiger partial charge in [-0.1, -0.05) is 12.1 Å². The largest absolute Gasteiger partial charge is 0.481 e. The van der Waals surface area contributed by atoms with Crippen LogP contribution in [-0.4, -0.2) is 51.5 Å². The third-order valence-corrected chi connectivity index (χ3v) is 6.24. The van der Waals surface area contributed by atoms with Gasteiger partial charge in [0.1, 0.15) is 22.8 Å². The van der Waals surface area contributed by atoms with E-state index in [9.17, 15) is 14.0 Å². The Hall–Kier alpha value is -3.07. The van der Waals surface area contributed by atoms with Crippen LogP contribution in [0.1, 0.15) is 19.3 Å². The average Bonchev–Trinajstić information content (AvgIpc) is 3.19. The molecular weight excluding hydrogens is 407 g/mol. The molecule has 156 valence electrons. The summed E-state index contributed by atoms with van der Waals surface area (Å²) >= 11 is 1.48. The number of benzene rings is 1. The molecule has 1 aliphatic heterocycles. The Balaban J connectivity index is 1.42. The van der Waals surface area contributed by atoms with E-state index in [2.05, 4.69) is 15.3 Å². The molecule has 30 heavy (non-hydrogen) atoms. The van der Waals surface area contributed by atoms with Gasteiger partial charge in [0.2, 0.25) is 5.91 Å². The summed E-state index contributed by atoms with van der Waals surface area (Å²) in [6.07, 6.45) is 2.77. The smallest absolute Gasteiger partial charge is 0.306 e. The number of amides is 1. The Kier molecular flexibility index (Phi) is 5.89. The standard InChI is InChI=1S/C21H21FN4O3S/c22-15-3-1-13(2-4-15)16-11-30-20-18(16)19(24-12-25-20)23-8-5-17(27)26-9-6-14(7-10-26)21(28)29/h1-4,11-12,14H,5-10H2,(H,28,29)(H,23,24,25). The molecule has 0 radical (unpaired) electrons. The van der Waals surface area contributed by atoms with E-state index < -0.39 is 5.97 Å². The summed E-state index contributed by atoms with van der Waals surface area (Å²) in [7, 11) is 0. The summed E-state index contributed by atoms with van der Waals surface area (Å²) in [5, 5.41) is 15.1. The summed E-state index contributed by atoms with van der Waals surface area (Å²) in [6, 6.07) is 6.28. The van der Waals surface area contributed by atoms with E-state index in [1.807, 2.05) is 5.38 Å². The second kappa shape index (κ2) is 8.74. The number of likely N-dealkylation sites (tertiary alicyclic amines) is 1. The van der Waals surface area contributed by atoms with Gasteiger partial charge >= 0.3 is 5.97 Å². The summed E-state index contributed by atoms with van der Waals surface area (Å²) in [6.45, 7) is 1.36. The van der Waals surface area contributed by atoms with E-state index >= 15 is 0 Å². The summed E-state index contributed by atoms with van der Waals surface area (Å²) in [5.74, 6) is -0.799. The number of hydrogen-bond acceptors (Lipinski definition) is 6. The van der Waals surface area contributed by atoms with Crippen molar-refractivity contribution in [1.82, 2.24) is 14.9 Å². The van der Waals surface area contributed by atoms with Crippen molar-refractivity contribution in [2.24, 2.45) is 5.92 Å². The highest BCUT2D eigenvalue weighted by atomic mass is 32.1. The third kappa shape index (κ3) is 4.25. The van der Waals surface area contributed by atoms with Gasteiger partial charge in [-0.3, -0.25) is 9.59 Å². The summed E-state index contributed by atoms with van der Waals surface area (Å²) in [5.41, 5.74) is 1.79. The minimum absolute atomic E-state index is 0.000662. The third-order valence-electron chi connectivity index (χ3n) is 5.35. The molecule has 1 saturated heterocycles. The molecule has 1 amide bonds. The van der Waals surface area contributed by atoms with Gasteiger partial charge in [0, 0.05) is 37.0 Å². The first-order valence-corrected chi connectivity index (χ1v) is 10.6. The van der Waals surface area contributed by atoms with Crippen LogP contribution in [0, 0.1) is 11.7 Å². The second-order valence-electron chi connectivity index (χ2n) is 7.23. The van der Waals surface area contributed by atoms with Crippen LogP contribution in [0.2, 0.25) is 0 Å². The molecular formula is C21H21FN4O3S. The van der Waals surface area contributed by atoms with Crippen LogP contribution < -0.4 is 5.32 Å². The summed E-state index contributed by atoms with van der Waals surface area (Å²) in [4.78, 5) is 34.7. The Bertz CT molecular complexity index is 1060. The highest BCUT2D eigenvalue weighted by Gasteiger charge is 2.26. The molecule has 9 heteroatoms. The second-order valence-corrected chi connectivity index (χ2v) is 8.09. The zero-order valence-corrected chi connectivity index (χ0v) is 17.0. The summed E-state index contributed by atoms with van der Waals surface area (Å²) < 4.78 is 13.3. The first-order chi connectivity index (χ1) is 14.5. The molecule has 2 N–H and O–H groups in total. The monoisotopic (exact) mass is 428 g/mol. The number of fused-ring (bicyclic) bond motifs is 1. The molecule has 0 aliphatic carbocycles. The van der Waals surface area contributed by atoms with Crippen molar-refractivity contribution >= 4 is 39.2 Å². The van der Waals surface area contributed by atoms with Crippen molar-refractivity contribution < 1.29 is 19.1 Å². The Morgan fingerprint density at radius 1 is 1.20 bits per heavy atom. The van der Waals surface area contributed by atoms with Crippen LogP contribution in [0.25, 0.3) is 21.3 Å². The van der Waals surface area contributed by atoms with Gasteiger partial charge in [-0.05, 0) is 30.5 Å². The number of nitrogens with zero attached hydrogens (tertiary/aromatic N) is 3. The number of anilines is 1. The molecule has 1 aliphatic rings. The molecule has 4 rings (SSSR count). The van der Waals surface area contributed by atoms with E-state index in [-0.39, 0.29) is 17.6 Å². The maximum atomic E-state index is 13.3. The molecule has 0 spiro atoms. The van der Waals surface area contributed by atoms with Crippen LogP contribution in [-0.2, 0) is 9.59 Å². The average molecular weight is 428 g/mol. The van der Waals surface area contributed by atoms with E-state index in [1.54, 1.807) is 17.0 Å². The van der Waals surface area contributed by atoms with Crippen molar-refractivity contribution in [2.45, 2.75) is 19.3 Å². The zero-order valence-electron chi connectivity index (χ0n) is 16.2. The number of aliphatic carboxylic acids is 1. The van der Waals surface area contributed by atoms with E-state index in [4.69, 9.17) is 5.11 Å². The lowest BCUT2D eigenvalue weighted by molar-refractivity contribution is -0.145. The van der Waals surface area contributed by atoms with Gasteiger partial charge < -0.3 is 15.3 Å². The van der Waals surface area contributed by atoms with E-state index in [1.165, 1.54) is 29.8 Å². The maximum Gasteiger partial charge on any atom is 0.306 e. The number of thiophene rings is 1. The Labute approximate surface area is 176 Å².